The number of nitrogens with one attached hydrogen (secondary N) is 1. The van der Waals surface area contributed by atoms with Crippen molar-refractivity contribution in [2.45, 2.75) is 52.5 Å². The number of nitrogens with zero attached hydrogens (tertiary/aromatic N) is 1. The Morgan fingerprint density at radius 2 is 1.77 bits per heavy atom. The van der Waals surface area contributed by atoms with Gasteiger partial charge in [0.25, 0.3) is 0 Å². The first-order chi connectivity index (χ1) is 14.8. The standard InChI is InChI=1S/C26H29ClN2O2/c1-15(2)26(31)21-14-28-23-10-6-17(18-7-11-24(30)22(27)13-18)12-20(23)25(21)29-19-8-4-16(3)5-9-19/h6-7,10-16,19,30H,4-5,8-9H2,1-3H3,(H,28,29)/t16-,19-. The van der Waals surface area contributed by atoms with Gasteiger partial charge in [-0.05, 0) is 67.0 Å². The molecule has 1 aromatic heterocycles. The van der Waals surface area contributed by atoms with Crippen LogP contribution in [0.2, 0.25) is 5.02 Å². The lowest BCUT2D eigenvalue weighted by Gasteiger charge is -2.29. The summed E-state index contributed by atoms with van der Waals surface area (Å²) >= 11 is 6.14. The van der Waals surface area contributed by atoms with Crippen LogP contribution in [-0.4, -0.2) is 21.9 Å². The maximum Gasteiger partial charge on any atom is 0.169 e. The predicted octanol–water partition coefficient (Wildman–Crippen LogP) is 7.09. The van der Waals surface area contributed by atoms with Crippen molar-refractivity contribution in [1.29, 1.82) is 0 Å². The lowest BCUT2D eigenvalue weighted by Crippen LogP contribution is -2.26. The summed E-state index contributed by atoms with van der Waals surface area (Å²) in [5.74, 6) is 0.811. The molecule has 162 valence electrons. The van der Waals surface area contributed by atoms with E-state index in [4.69, 9.17) is 11.6 Å². The molecule has 0 aliphatic heterocycles. The number of hydrogen-bond acceptors (Lipinski definition) is 4. The van der Waals surface area contributed by atoms with Gasteiger partial charge in [-0.3, -0.25) is 9.78 Å². The molecule has 1 aliphatic carbocycles. The molecule has 0 unspecified atom stereocenters. The number of carbonyl (C=O) groups is 1. The molecule has 4 nitrogen and oxygen atoms in total. The molecule has 0 bridgehead atoms. The van der Waals surface area contributed by atoms with Crippen LogP contribution >= 0.6 is 11.6 Å². The highest BCUT2D eigenvalue weighted by Crippen LogP contribution is 2.36. The number of phenolic OH excluding ortho intramolecular Hbond substituents is 1. The van der Waals surface area contributed by atoms with Crippen LogP contribution in [0.15, 0.2) is 42.6 Å². The number of anilines is 1. The Labute approximate surface area is 188 Å². The van der Waals surface area contributed by atoms with Gasteiger partial charge in [0.15, 0.2) is 5.78 Å². The summed E-state index contributed by atoms with van der Waals surface area (Å²) in [5.41, 5.74) is 4.26. The number of aromatic nitrogens is 1. The Kier molecular flexibility index (Phi) is 6.19. The van der Waals surface area contributed by atoms with E-state index in [9.17, 15) is 9.90 Å². The molecule has 1 saturated carbocycles. The van der Waals surface area contributed by atoms with Crippen LogP contribution < -0.4 is 5.32 Å². The van der Waals surface area contributed by atoms with Gasteiger partial charge in [-0.2, -0.15) is 0 Å². The molecule has 4 rings (SSSR count). The van der Waals surface area contributed by atoms with Gasteiger partial charge in [-0.25, -0.2) is 0 Å². The molecular formula is C26H29ClN2O2. The number of halogens is 1. The quantitative estimate of drug-likeness (QED) is 0.419. The van der Waals surface area contributed by atoms with Crippen molar-refractivity contribution in [3.63, 3.8) is 0 Å². The molecule has 0 saturated heterocycles. The number of phenols is 1. The first-order valence-corrected chi connectivity index (χ1v) is 11.4. The molecule has 31 heavy (non-hydrogen) atoms. The summed E-state index contributed by atoms with van der Waals surface area (Å²) in [5, 5.41) is 14.7. The molecule has 0 radical (unpaired) electrons. The Bertz CT molecular complexity index is 1120. The molecule has 1 heterocycles. The van der Waals surface area contributed by atoms with Crippen LogP contribution in [0.5, 0.6) is 5.75 Å². The van der Waals surface area contributed by atoms with Gasteiger partial charge in [0.05, 0.1) is 21.8 Å². The Morgan fingerprint density at radius 3 is 2.45 bits per heavy atom. The maximum absolute atomic E-state index is 13.0. The number of fused-ring (bicyclic) bond motifs is 1. The Morgan fingerprint density at radius 1 is 1.10 bits per heavy atom. The van der Waals surface area contributed by atoms with Crippen molar-refractivity contribution in [2.75, 3.05) is 5.32 Å². The number of ketones is 1. The number of pyridine rings is 1. The SMILES string of the molecule is CC(C)C(=O)c1cnc2ccc(-c3ccc(O)c(Cl)c3)cc2c1N[C@H]1CC[C@H](C)CC1. The van der Waals surface area contributed by atoms with E-state index in [-0.39, 0.29) is 17.5 Å². The van der Waals surface area contributed by atoms with Gasteiger partial charge < -0.3 is 10.4 Å². The minimum Gasteiger partial charge on any atom is -0.506 e. The van der Waals surface area contributed by atoms with E-state index in [2.05, 4.69) is 23.3 Å². The summed E-state index contributed by atoms with van der Waals surface area (Å²) in [6.45, 7) is 6.15. The molecule has 2 aromatic carbocycles. The topological polar surface area (TPSA) is 62.2 Å². The molecule has 0 spiro atoms. The predicted molar refractivity (Wildman–Crippen MR) is 128 cm³/mol. The third-order valence-corrected chi connectivity index (χ3v) is 6.61. The monoisotopic (exact) mass is 436 g/mol. The van der Waals surface area contributed by atoms with Crippen LogP contribution in [-0.2, 0) is 0 Å². The second-order valence-corrected chi connectivity index (χ2v) is 9.47. The fourth-order valence-corrected chi connectivity index (χ4v) is 4.50. The van der Waals surface area contributed by atoms with Gasteiger partial charge in [0.1, 0.15) is 5.75 Å². The summed E-state index contributed by atoms with van der Waals surface area (Å²) in [7, 11) is 0. The van der Waals surface area contributed by atoms with Crippen LogP contribution in [0.1, 0.15) is 56.8 Å². The largest absolute Gasteiger partial charge is 0.506 e. The molecular weight excluding hydrogens is 408 g/mol. The number of carbonyl (C=O) groups excluding carboxylic acids is 1. The van der Waals surface area contributed by atoms with Gasteiger partial charge in [-0.15, -0.1) is 0 Å². The number of Topliss-reactive ketones (excluding diaryl/α,β-unsaturated/α-hetero) is 1. The highest BCUT2D eigenvalue weighted by molar-refractivity contribution is 6.32. The first-order valence-electron chi connectivity index (χ1n) is 11.1. The lowest BCUT2D eigenvalue weighted by atomic mass is 9.87. The summed E-state index contributed by atoms with van der Waals surface area (Å²) < 4.78 is 0. The molecule has 2 N–H and O–H groups in total. The number of aromatic hydroxyl groups is 1. The van der Waals surface area contributed by atoms with Crippen molar-refractivity contribution in [2.24, 2.45) is 11.8 Å². The Hall–Kier alpha value is -2.59. The molecule has 0 atom stereocenters. The summed E-state index contributed by atoms with van der Waals surface area (Å²) in [4.78, 5) is 17.6. The molecule has 5 heteroatoms. The van der Waals surface area contributed by atoms with Gasteiger partial charge in [-0.1, -0.05) is 44.5 Å². The van der Waals surface area contributed by atoms with Gasteiger partial charge >= 0.3 is 0 Å². The van der Waals surface area contributed by atoms with Crippen LogP contribution in [0.25, 0.3) is 22.0 Å². The first kappa shape index (κ1) is 21.6. The van der Waals surface area contributed by atoms with E-state index in [1.807, 2.05) is 32.0 Å². The van der Waals surface area contributed by atoms with E-state index in [0.717, 1.165) is 46.5 Å². The average molecular weight is 437 g/mol. The third-order valence-electron chi connectivity index (χ3n) is 6.30. The second kappa shape index (κ2) is 8.88. The van der Waals surface area contributed by atoms with Crippen molar-refractivity contribution in [3.05, 3.63) is 53.2 Å². The highest BCUT2D eigenvalue weighted by atomic mass is 35.5. The van der Waals surface area contributed by atoms with E-state index in [1.165, 1.54) is 12.8 Å². The fraction of sp³-hybridized carbons (Fsp3) is 0.385. The average Bonchev–Trinajstić information content (AvgIpc) is 2.76. The molecule has 3 aromatic rings. The molecule has 1 aliphatic rings. The lowest BCUT2D eigenvalue weighted by molar-refractivity contribution is 0.0940. The maximum atomic E-state index is 13.0. The van der Waals surface area contributed by atoms with Crippen molar-refractivity contribution in [3.8, 4) is 16.9 Å². The van der Waals surface area contributed by atoms with Crippen LogP contribution in [0.4, 0.5) is 5.69 Å². The Balaban J connectivity index is 1.83. The molecule has 1 fully saturated rings. The van der Waals surface area contributed by atoms with Crippen LogP contribution in [0.3, 0.4) is 0 Å². The smallest absolute Gasteiger partial charge is 0.169 e. The minimum atomic E-state index is -0.106. The number of hydrogen-bond donors (Lipinski definition) is 2. The number of benzene rings is 2. The van der Waals surface area contributed by atoms with E-state index in [1.54, 1.807) is 18.3 Å². The van der Waals surface area contributed by atoms with Gasteiger partial charge in [0.2, 0.25) is 0 Å². The van der Waals surface area contributed by atoms with Crippen molar-refractivity contribution in [1.82, 2.24) is 4.98 Å². The summed E-state index contributed by atoms with van der Waals surface area (Å²) in [6.07, 6.45) is 6.33. The summed E-state index contributed by atoms with van der Waals surface area (Å²) in [6, 6.07) is 11.6. The highest BCUT2D eigenvalue weighted by Gasteiger charge is 2.23. The fourth-order valence-electron chi connectivity index (χ4n) is 4.32. The third kappa shape index (κ3) is 4.54. The number of rotatable bonds is 5. The van der Waals surface area contributed by atoms with Crippen molar-refractivity contribution < 1.29 is 9.90 Å². The van der Waals surface area contributed by atoms with Crippen LogP contribution in [0, 0.1) is 11.8 Å². The van der Waals surface area contributed by atoms with Gasteiger partial charge in [0, 0.05) is 23.5 Å². The minimum absolute atomic E-state index is 0.0616. The zero-order valence-electron chi connectivity index (χ0n) is 18.3. The molecule has 0 amide bonds. The van der Waals surface area contributed by atoms with Crippen molar-refractivity contribution >= 4 is 34.0 Å². The zero-order chi connectivity index (χ0) is 22.1. The van der Waals surface area contributed by atoms with E-state index >= 15 is 0 Å². The zero-order valence-corrected chi connectivity index (χ0v) is 19.0. The van der Waals surface area contributed by atoms with E-state index in [0.29, 0.717) is 16.6 Å². The van der Waals surface area contributed by atoms with E-state index < -0.39 is 0 Å². The second-order valence-electron chi connectivity index (χ2n) is 9.07. The normalized spacial score (nSPS) is 19.0.